The Hall–Kier alpha value is -1.13. The molecule has 1 heterocycles. The molecule has 1 amide bonds. The number of rotatable bonds is 9. The summed E-state index contributed by atoms with van der Waals surface area (Å²) < 4.78 is 11.9. The van der Waals surface area contributed by atoms with E-state index >= 15 is 0 Å². The summed E-state index contributed by atoms with van der Waals surface area (Å²) >= 11 is 0. The second-order valence-corrected chi connectivity index (χ2v) is 6.80. The van der Waals surface area contributed by atoms with Crippen LogP contribution in [0.1, 0.15) is 72.1 Å². The van der Waals surface area contributed by atoms with Crippen molar-refractivity contribution < 1.29 is 14.2 Å². The first kappa shape index (κ1) is 18.2. The molecule has 5 heteroatoms. The number of hydrogen-bond acceptors (Lipinski definition) is 3. The van der Waals surface area contributed by atoms with E-state index in [2.05, 4.69) is 13.8 Å². The lowest BCUT2D eigenvalue weighted by molar-refractivity contribution is 0.113. The highest BCUT2D eigenvalue weighted by Gasteiger charge is 2.45. The summed E-state index contributed by atoms with van der Waals surface area (Å²) in [5, 5.41) is 0. The predicted octanol–water partition coefficient (Wildman–Crippen LogP) is 5.22. The Morgan fingerprint density at radius 1 is 1.26 bits per heavy atom. The minimum absolute atomic E-state index is 0.0551. The summed E-state index contributed by atoms with van der Waals surface area (Å²) in [7, 11) is 0. The van der Waals surface area contributed by atoms with E-state index in [1.807, 2.05) is 13.0 Å². The number of allylic oxidation sites excluding steroid dienone is 1. The van der Waals surface area contributed by atoms with Crippen molar-refractivity contribution in [1.29, 1.82) is 0 Å². The fraction of sp³-hybridized carbons (Fsp3) is 0.833. The first-order chi connectivity index (χ1) is 11.2. The molecule has 2 aliphatic rings. The molecule has 0 N–H and O–H groups in total. The van der Waals surface area contributed by atoms with Crippen LogP contribution in [0, 0.1) is 0 Å². The number of fused-ring (bicyclic) bond motifs is 1. The van der Waals surface area contributed by atoms with Crippen LogP contribution in [0.5, 0.6) is 0 Å². The van der Waals surface area contributed by atoms with Crippen LogP contribution >= 0.6 is 0 Å². The highest BCUT2D eigenvalue weighted by atomic mass is 16.6. The second-order valence-electron chi connectivity index (χ2n) is 6.80. The Morgan fingerprint density at radius 3 is 2.52 bits per heavy atom. The van der Waals surface area contributed by atoms with E-state index in [0.29, 0.717) is 5.88 Å². The summed E-state index contributed by atoms with van der Waals surface area (Å²) in [4.78, 5) is 14.1. The lowest BCUT2D eigenvalue weighted by Gasteiger charge is -2.30. The van der Waals surface area contributed by atoms with Gasteiger partial charge in [0, 0.05) is 0 Å². The van der Waals surface area contributed by atoms with Crippen LogP contribution in [0.25, 0.3) is 0 Å². The van der Waals surface area contributed by atoms with Gasteiger partial charge >= 0.3 is 13.0 Å². The van der Waals surface area contributed by atoms with Crippen molar-refractivity contribution in [2.24, 2.45) is 0 Å². The van der Waals surface area contributed by atoms with E-state index in [9.17, 15) is 4.79 Å². The number of hydrogen-bond donors (Lipinski definition) is 0. The maximum Gasteiger partial charge on any atom is 0.417 e. The average molecular weight is 321 g/mol. The van der Waals surface area contributed by atoms with Crippen molar-refractivity contribution >= 4 is 13.0 Å². The van der Waals surface area contributed by atoms with Gasteiger partial charge in [-0.1, -0.05) is 46.0 Å². The summed E-state index contributed by atoms with van der Waals surface area (Å²) in [5.41, 5.74) is 0. The number of carbonyl (C=O) groups is 1. The fourth-order valence-corrected chi connectivity index (χ4v) is 3.65. The maximum absolute atomic E-state index is 12.3. The van der Waals surface area contributed by atoms with Crippen LogP contribution < -0.4 is 0 Å². The van der Waals surface area contributed by atoms with Gasteiger partial charge in [-0.3, -0.25) is 0 Å². The largest absolute Gasteiger partial charge is 0.549 e. The van der Waals surface area contributed by atoms with Gasteiger partial charge in [-0.05, 0) is 44.9 Å². The SMILES string of the molecule is C/C=C(/OB(CCCC)CCCC)N1C(=O)O[C@@H]2CCCC[C@@H]21. The van der Waals surface area contributed by atoms with Gasteiger partial charge in [0.25, 0.3) is 0 Å². The zero-order chi connectivity index (χ0) is 16.7. The van der Waals surface area contributed by atoms with Crippen molar-refractivity contribution in [3.05, 3.63) is 12.0 Å². The van der Waals surface area contributed by atoms with Crippen molar-refractivity contribution in [2.75, 3.05) is 0 Å². The molecule has 0 unspecified atom stereocenters. The quantitative estimate of drug-likeness (QED) is 0.432. The van der Waals surface area contributed by atoms with Crippen molar-refractivity contribution in [2.45, 2.75) is 96.9 Å². The van der Waals surface area contributed by atoms with E-state index in [1.54, 1.807) is 4.90 Å². The van der Waals surface area contributed by atoms with E-state index in [4.69, 9.17) is 9.39 Å². The minimum Gasteiger partial charge on any atom is -0.549 e. The molecule has 0 spiro atoms. The van der Waals surface area contributed by atoms with Crippen LogP contribution in [0.3, 0.4) is 0 Å². The van der Waals surface area contributed by atoms with E-state index in [1.165, 1.54) is 32.1 Å². The molecule has 2 atom stereocenters. The van der Waals surface area contributed by atoms with E-state index in [0.717, 1.165) is 31.9 Å². The molecule has 1 aliphatic carbocycles. The average Bonchev–Trinajstić information content (AvgIpc) is 2.90. The summed E-state index contributed by atoms with van der Waals surface area (Å²) in [5.74, 6) is 0.710. The van der Waals surface area contributed by atoms with Crippen LogP contribution in [-0.2, 0) is 9.39 Å². The number of ether oxygens (including phenoxy) is 1. The van der Waals surface area contributed by atoms with Gasteiger partial charge in [-0.25, -0.2) is 9.69 Å². The number of carbonyl (C=O) groups excluding carboxylic acids is 1. The smallest absolute Gasteiger partial charge is 0.417 e. The Morgan fingerprint density at radius 2 is 1.91 bits per heavy atom. The predicted molar refractivity (Wildman–Crippen MR) is 94.4 cm³/mol. The molecule has 0 aromatic rings. The highest BCUT2D eigenvalue weighted by molar-refractivity contribution is 6.52. The van der Waals surface area contributed by atoms with Gasteiger partial charge in [0.05, 0.1) is 6.04 Å². The molecule has 2 fully saturated rings. The number of nitrogens with zero attached hydrogens (tertiary/aromatic N) is 1. The lowest BCUT2D eigenvalue weighted by atomic mass is 9.59. The van der Waals surface area contributed by atoms with E-state index in [-0.39, 0.29) is 25.2 Å². The Labute approximate surface area is 141 Å². The Balaban J connectivity index is 2.03. The standard InChI is InChI=1S/C18H32BNO3/c1-4-7-13-19(14-8-5-2)23-17(6-3)20-15-11-9-10-12-16(15)22-18(20)21/h6,15-16H,4-5,7-14H2,1-3H3/b17-6+/t15-,16+/m0/s1. The second kappa shape index (κ2) is 9.24. The minimum atomic E-state index is -0.222. The molecule has 4 nitrogen and oxygen atoms in total. The van der Waals surface area contributed by atoms with E-state index < -0.39 is 0 Å². The first-order valence-electron chi connectivity index (χ1n) is 9.54. The summed E-state index contributed by atoms with van der Waals surface area (Å²) in [6.07, 6.45) is 12.9. The van der Waals surface area contributed by atoms with Gasteiger partial charge in [-0.2, -0.15) is 0 Å². The first-order valence-corrected chi connectivity index (χ1v) is 9.54. The molecule has 0 aromatic heterocycles. The molecule has 2 rings (SSSR count). The Bertz CT molecular complexity index is 405. The molecule has 1 saturated heterocycles. The number of amides is 1. The third-order valence-corrected chi connectivity index (χ3v) is 4.98. The maximum atomic E-state index is 12.3. The zero-order valence-corrected chi connectivity index (χ0v) is 15.1. The molecule has 0 radical (unpaired) electrons. The molecule has 130 valence electrons. The van der Waals surface area contributed by atoms with Gasteiger partial charge in [-0.15, -0.1) is 0 Å². The zero-order valence-electron chi connectivity index (χ0n) is 15.1. The van der Waals surface area contributed by atoms with Gasteiger partial charge < -0.3 is 9.39 Å². The molecule has 1 saturated carbocycles. The third-order valence-electron chi connectivity index (χ3n) is 4.98. The van der Waals surface area contributed by atoms with Gasteiger partial charge in [0.15, 0.2) is 5.88 Å². The molecular weight excluding hydrogens is 289 g/mol. The molecule has 1 aliphatic heterocycles. The van der Waals surface area contributed by atoms with Crippen LogP contribution in [0.15, 0.2) is 12.0 Å². The van der Waals surface area contributed by atoms with Gasteiger partial charge in [0.2, 0.25) is 0 Å². The highest BCUT2D eigenvalue weighted by Crippen LogP contribution is 2.35. The van der Waals surface area contributed by atoms with Crippen LogP contribution in [-0.4, -0.2) is 30.1 Å². The van der Waals surface area contributed by atoms with Crippen molar-refractivity contribution in [1.82, 2.24) is 4.90 Å². The van der Waals surface area contributed by atoms with Crippen molar-refractivity contribution in [3.8, 4) is 0 Å². The summed E-state index contributed by atoms with van der Waals surface area (Å²) in [6, 6.07) is 0.167. The molecule has 0 bridgehead atoms. The molecular formula is C18H32BNO3. The van der Waals surface area contributed by atoms with Crippen LogP contribution in [0.4, 0.5) is 4.79 Å². The fourth-order valence-electron chi connectivity index (χ4n) is 3.65. The Kier molecular flexibility index (Phi) is 7.32. The molecule has 0 aromatic carbocycles. The topological polar surface area (TPSA) is 38.8 Å². The van der Waals surface area contributed by atoms with Crippen LogP contribution in [0.2, 0.25) is 12.6 Å². The molecule has 23 heavy (non-hydrogen) atoms. The van der Waals surface area contributed by atoms with Crippen molar-refractivity contribution in [3.63, 3.8) is 0 Å². The normalized spacial score (nSPS) is 24.4. The monoisotopic (exact) mass is 321 g/mol. The lowest BCUT2D eigenvalue weighted by Crippen LogP contribution is -2.40. The number of unbranched alkanes of at least 4 members (excludes halogenated alkanes) is 2. The van der Waals surface area contributed by atoms with Gasteiger partial charge in [0.1, 0.15) is 6.10 Å². The third kappa shape index (κ3) is 4.68. The summed E-state index contributed by atoms with van der Waals surface area (Å²) in [6.45, 7) is 6.57.